The maximum absolute atomic E-state index is 11.2. The second kappa shape index (κ2) is 7.03. The zero-order valence-electron chi connectivity index (χ0n) is 10.0. The largest absolute Gasteiger partial charge is 0.461 e. The minimum atomic E-state index is -0.0105. The van der Waals surface area contributed by atoms with Gasteiger partial charge in [-0.1, -0.05) is 18.2 Å². The Labute approximate surface area is 112 Å². The number of carbonyl (C=O) groups excluding carboxylic acids is 1. The highest BCUT2D eigenvalue weighted by Crippen LogP contribution is 2.18. The van der Waals surface area contributed by atoms with Crippen molar-refractivity contribution in [3.63, 3.8) is 0 Å². The Morgan fingerprint density at radius 3 is 2.83 bits per heavy atom. The SMILES string of the molecule is Cl.NCCC(=O)NCCc1cc2ccccc2o1. The van der Waals surface area contributed by atoms with E-state index in [-0.39, 0.29) is 18.3 Å². The fraction of sp³-hybridized carbons (Fsp3) is 0.308. The van der Waals surface area contributed by atoms with Gasteiger partial charge in [0.05, 0.1) is 0 Å². The van der Waals surface area contributed by atoms with Gasteiger partial charge in [0.2, 0.25) is 5.91 Å². The standard InChI is InChI=1S/C13H16N2O2.ClH/c14-7-5-13(16)15-8-6-11-9-10-3-1-2-4-12(10)17-11;/h1-4,9H,5-8,14H2,(H,15,16);1H. The Morgan fingerprint density at radius 2 is 2.11 bits per heavy atom. The van der Waals surface area contributed by atoms with Crippen LogP contribution in [0.4, 0.5) is 0 Å². The molecule has 18 heavy (non-hydrogen) atoms. The van der Waals surface area contributed by atoms with Gasteiger partial charge in [-0.15, -0.1) is 12.4 Å². The summed E-state index contributed by atoms with van der Waals surface area (Å²) in [5, 5.41) is 3.89. The van der Waals surface area contributed by atoms with Crippen LogP contribution < -0.4 is 11.1 Å². The van der Waals surface area contributed by atoms with Gasteiger partial charge >= 0.3 is 0 Å². The highest BCUT2D eigenvalue weighted by atomic mass is 35.5. The normalized spacial score (nSPS) is 10.1. The molecule has 0 aliphatic rings. The third kappa shape index (κ3) is 3.75. The van der Waals surface area contributed by atoms with Crippen molar-refractivity contribution in [3.8, 4) is 0 Å². The van der Waals surface area contributed by atoms with Crippen LogP contribution in [0.3, 0.4) is 0 Å². The van der Waals surface area contributed by atoms with Crippen LogP contribution in [0.2, 0.25) is 0 Å². The Balaban J connectivity index is 0.00000162. The minimum Gasteiger partial charge on any atom is -0.461 e. The molecule has 1 heterocycles. The van der Waals surface area contributed by atoms with Gasteiger partial charge in [-0.05, 0) is 12.1 Å². The number of nitrogens with two attached hydrogens (primary N) is 1. The summed E-state index contributed by atoms with van der Waals surface area (Å²) in [7, 11) is 0. The molecule has 2 aromatic rings. The lowest BCUT2D eigenvalue weighted by Crippen LogP contribution is -2.27. The Bertz CT molecular complexity index is 477. The van der Waals surface area contributed by atoms with E-state index in [0.717, 1.165) is 16.7 Å². The molecule has 0 radical (unpaired) electrons. The molecule has 2 rings (SSSR count). The van der Waals surface area contributed by atoms with Crippen LogP contribution in [0, 0.1) is 0 Å². The molecule has 3 N–H and O–H groups in total. The summed E-state index contributed by atoms with van der Waals surface area (Å²) in [4.78, 5) is 11.2. The number of halogens is 1. The zero-order chi connectivity index (χ0) is 12.1. The molecule has 5 heteroatoms. The zero-order valence-corrected chi connectivity index (χ0v) is 10.8. The molecular formula is C13H17ClN2O2. The summed E-state index contributed by atoms with van der Waals surface area (Å²) >= 11 is 0. The molecule has 0 saturated carbocycles. The number of para-hydroxylation sites is 1. The van der Waals surface area contributed by atoms with E-state index in [1.54, 1.807) is 0 Å². The molecule has 0 aliphatic carbocycles. The summed E-state index contributed by atoms with van der Waals surface area (Å²) in [6.45, 7) is 0.967. The van der Waals surface area contributed by atoms with Gasteiger partial charge in [0, 0.05) is 31.3 Å². The van der Waals surface area contributed by atoms with Crippen molar-refractivity contribution < 1.29 is 9.21 Å². The van der Waals surface area contributed by atoms with Crippen molar-refractivity contribution in [3.05, 3.63) is 36.1 Å². The third-order valence-corrected chi connectivity index (χ3v) is 2.54. The molecule has 0 unspecified atom stereocenters. The first kappa shape index (κ1) is 14.5. The molecule has 0 bridgehead atoms. The van der Waals surface area contributed by atoms with Crippen molar-refractivity contribution in [1.29, 1.82) is 0 Å². The van der Waals surface area contributed by atoms with Crippen molar-refractivity contribution in [2.45, 2.75) is 12.8 Å². The van der Waals surface area contributed by atoms with E-state index in [4.69, 9.17) is 10.2 Å². The van der Waals surface area contributed by atoms with Crippen LogP contribution in [-0.4, -0.2) is 19.0 Å². The highest BCUT2D eigenvalue weighted by Gasteiger charge is 2.03. The van der Waals surface area contributed by atoms with Gasteiger partial charge in [0.15, 0.2) is 0 Å². The molecule has 0 fully saturated rings. The smallest absolute Gasteiger partial charge is 0.221 e. The van der Waals surface area contributed by atoms with Crippen LogP contribution in [0.1, 0.15) is 12.2 Å². The summed E-state index contributed by atoms with van der Waals surface area (Å²) in [6.07, 6.45) is 1.07. The number of carbonyl (C=O) groups is 1. The summed E-state index contributed by atoms with van der Waals surface area (Å²) in [5.41, 5.74) is 6.17. The number of amides is 1. The average molecular weight is 269 g/mol. The maximum Gasteiger partial charge on any atom is 0.221 e. The average Bonchev–Trinajstić information content (AvgIpc) is 2.71. The molecular weight excluding hydrogens is 252 g/mol. The van der Waals surface area contributed by atoms with Gasteiger partial charge in [-0.3, -0.25) is 4.79 Å². The number of hydrogen-bond acceptors (Lipinski definition) is 3. The van der Waals surface area contributed by atoms with Crippen molar-refractivity contribution in [2.24, 2.45) is 5.73 Å². The molecule has 1 aromatic heterocycles. The summed E-state index contributed by atoms with van der Waals surface area (Å²) in [6, 6.07) is 9.87. The number of benzene rings is 1. The summed E-state index contributed by atoms with van der Waals surface area (Å²) in [5.74, 6) is 0.878. The van der Waals surface area contributed by atoms with Gasteiger partial charge < -0.3 is 15.5 Å². The molecule has 98 valence electrons. The van der Waals surface area contributed by atoms with E-state index < -0.39 is 0 Å². The van der Waals surface area contributed by atoms with Crippen LogP contribution in [0.5, 0.6) is 0 Å². The fourth-order valence-electron chi connectivity index (χ4n) is 1.70. The lowest BCUT2D eigenvalue weighted by Gasteiger charge is -2.01. The maximum atomic E-state index is 11.2. The first-order valence-corrected chi connectivity index (χ1v) is 5.74. The predicted octanol–water partition coefficient (Wildman–Crippen LogP) is 1.86. The van der Waals surface area contributed by atoms with Crippen LogP contribution in [-0.2, 0) is 11.2 Å². The quantitative estimate of drug-likeness (QED) is 0.870. The molecule has 0 aliphatic heterocycles. The minimum absolute atomic E-state index is 0. The number of rotatable bonds is 5. The monoisotopic (exact) mass is 268 g/mol. The number of nitrogens with one attached hydrogen (secondary N) is 1. The second-order valence-corrected chi connectivity index (χ2v) is 3.89. The highest BCUT2D eigenvalue weighted by molar-refractivity contribution is 5.85. The first-order chi connectivity index (χ1) is 8.29. The van der Waals surface area contributed by atoms with Crippen LogP contribution in [0.15, 0.2) is 34.7 Å². The van der Waals surface area contributed by atoms with Gasteiger partial charge in [0.1, 0.15) is 11.3 Å². The molecule has 0 atom stereocenters. The Morgan fingerprint density at radius 1 is 1.33 bits per heavy atom. The van der Waals surface area contributed by atoms with Crippen molar-refractivity contribution in [1.82, 2.24) is 5.32 Å². The van der Waals surface area contributed by atoms with E-state index >= 15 is 0 Å². The van der Waals surface area contributed by atoms with Crippen molar-refractivity contribution >= 4 is 29.3 Å². The first-order valence-electron chi connectivity index (χ1n) is 5.74. The van der Waals surface area contributed by atoms with E-state index in [9.17, 15) is 4.79 Å². The summed E-state index contributed by atoms with van der Waals surface area (Å²) < 4.78 is 5.63. The fourth-order valence-corrected chi connectivity index (χ4v) is 1.70. The Kier molecular flexibility index (Phi) is 5.68. The number of fused-ring (bicyclic) bond motifs is 1. The van der Waals surface area contributed by atoms with Gasteiger partial charge in [-0.2, -0.15) is 0 Å². The lowest BCUT2D eigenvalue weighted by atomic mass is 10.2. The lowest BCUT2D eigenvalue weighted by molar-refractivity contribution is -0.120. The molecule has 4 nitrogen and oxygen atoms in total. The van der Waals surface area contributed by atoms with E-state index in [1.165, 1.54) is 0 Å². The van der Waals surface area contributed by atoms with Crippen molar-refractivity contribution in [2.75, 3.05) is 13.1 Å². The Hall–Kier alpha value is -1.52. The molecule has 0 spiro atoms. The topological polar surface area (TPSA) is 68.3 Å². The molecule has 1 aromatic carbocycles. The van der Waals surface area contributed by atoms with Crippen LogP contribution in [0.25, 0.3) is 11.0 Å². The second-order valence-electron chi connectivity index (χ2n) is 3.89. The van der Waals surface area contributed by atoms with E-state index in [2.05, 4.69) is 5.32 Å². The van der Waals surface area contributed by atoms with Gasteiger partial charge in [0.25, 0.3) is 0 Å². The number of hydrogen-bond donors (Lipinski definition) is 2. The van der Waals surface area contributed by atoms with Gasteiger partial charge in [-0.25, -0.2) is 0 Å². The third-order valence-electron chi connectivity index (χ3n) is 2.54. The molecule has 0 saturated heterocycles. The van der Waals surface area contributed by atoms with E-state index in [0.29, 0.717) is 25.9 Å². The predicted molar refractivity (Wildman–Crippen MR) is 73.8 cm³/mol. The number of furan rings is 1. The molecule has 1 amide bonds. The van der Waals surface area contributed by atoms with E-state index in [1.807, 2.05) is 30.3 Å². The van der Waals surface area contributed by atoms with Crippen LogP contribution >= 0.6 is 12.4 Å².